The highest BCUT2D eigenvalue weighted by molar-refractivity contribution is 7.10. The SMILES string of the molecule is CC1(c2cccs2)CCC(CCN)O1. The Hall–Kier alpha value is -0.380. The maximum absolute atomic E-state index is 6.06. The molecule has 2 atom stereocenters. The maximum atomic E-state index is 6.06. The molecule has 3 heteroatoms. The smallest absolute Gasteiger partial charge is 0.0999 e. The molecule has 1 aliphatic heterocycles. The van der Waals surface area contributed by atoms with Crippen molar-refractivity contribution in [1.82, 2.24) is 0 Å². The number of thiophene rings is 1. The van der Waals surface area contributed by atoms with Gasteiger partial charge in [0.25, 0.3) is 0 Å². The van der Waals surface area contributed by atoms with Crippen LogP contribution in [0.3, 0.4) is 0 Å². The normalized spacial score (nSPS) is 32.3. The monoisotopic (exact) mass is 211 g/mol. The van der Waals surface area contributed by atoms with E-state index >= 15 is 0 Å². The molecule has 1 saturated heterocycles. The Kier molecular flexibility index (Phi) is 2.91. The van der Waals surface area contributed by atoms with Crippen LogP contribution in [-0.2, 0) is 10.3 Å². The predicted octanol–water partition coefficient (Wildman–Crippen LogP) is 2.49. The lowest BCUT2D eigenvalue weighted by Crippen LogP contribution is -2.22. The number of hydrogen-bond acceptors (Lipinski definition) is 3. The highest BCUT2D eigenvalue weighted by atomic mass is 32.1. The van der Waals surface area contributed by atoms with Gasteiger partial charge in [-0.1, -0.05) is 6.07 Å². The van der Waals surface area contributed by atoms with Crippen LogP contribution < -0.4 is 5.73 Å². The second-order valence-electron chi connectivity index (χ2n) is 4.06. The Morgan fingerprint density at radius 3 is 3.21 bits per heavy atom. The van der Waals surface area contributed by atoms with Gasteiger partial charge in [-0.2, -0.15) is 0 Å². The zero-order valence-corrected chi connectivity index (χ0v) is 9.35. The average molecular weight is 211 g/mol. The third-order valence-electron chi connectivity index (χ3n) is 2.90. The van der Waals surface area contributed by atoms with Crippen molar-refractivity contribution >= 4 is 11.3 Å². The van der Waals surface area contributed by atoms with Crippen molar-refractivity contribution in [2.45, 2.75) is 37.9 Å². The predicted molar refractivity (Wildman–Crippen MR) is 59.4 cm³/mol. The van der Waals surface area contributed by atoms with Crippen LogP contribution in [0.25, 0.3) is 0 Å². The van der Waals surface area contributed by atoms with E-state index in [0.717, 1.165) is 25.8 Å². The lowest BCUT2D eigenvalue weighted by atomic mass is 10.0. The summed E-state index contributed by atoms with van der Waals surface area (Å²) in [4.78, 5) is 1.34. The van der Waals surface area contributed by atoms with Crippen molar-refractivity contribution in [2.75, 3.05) is 6.54 Å². The van der Waals surface area contributed by atoms with E-state index in [9.17, 15) is 0 Å². The standard InChI is InChI=1S/C11H17NOS/c1-11(10-3-2-8-14-10)6-4-9(13-11)5-7-12/h2-3,8-9H,4-7,12H2,1H3. The van der Waals surface area contributed by atoms with Gasteiger partial charge >= 0.3 is 0 Å². The van der Waals surface area contributed by atoms with E-state index in [1.807, 2.05) is 0 Å². The molecular formula is C11H17NOS. The van der Waals surface area contributed by atoms with E-state index in [-0.39, 0.29) is 5.60 Å². The van der Waals surface area contributed by atoms with Gasteiger partial charge in [0.05, 0.1) is 11.7 Å². The van der Waals surface area contributed by atoms with Gasteiger partial charge in [-0.15, -0.1) is 11.3 Å². The average Bonchev–Trinajstić information content (AvgIpc) is 2.75. The van der Waals surface area contributed by atoms with Crippen molar-refractivity contribution in [3.8, 4) is 0 Å². The van der Waals surface area contributed by atoms with Gasteiger partial charge in [-0.3, -0.25) is 0 Å². The van der Waals surface area contributed by atoms with E-state index in [2.05, 4.69) is 24.4 Å². The molecule has 0 radical (unpaired) electrons. The van der Waals surface area contributed by atoms with Crippen LogP contribution in [0.1, 0.15) is 31.1 Å². The number of nitrogens with two attached hydrogens (primary N) is 1. The lowest BCUT2D eigenvalue weighted by Gasteiger charge is -2.23. The third kappa shape index (κ3) is 1.85. The minimum atomic E-state index is -0.0476. The summed E-state index contributed by atoms with van der Waals surface area (Å²) in [5.74, 6) is 0. The largest absolute Gasteiger partial charge is 0.366 e. The van der Waals surface area contributed by atoms with Gasteiger partial charge in [0.2, 0.25) is 0 Å². The van der Waals surface area contributed by atoms with Crippen molar-refractivity contribution < 1.29 is 4.74 Å². The van der Waals surface area contributed by atoms with E-state index in [1.54, 1.807) is 11.3 Å². The van der Waals surface area contributed by atoms with Gasteiger partial charge in [0.1, 0.15) is 0 Å². The molecule has 1 aromatic rings. The summed E-state index contributed by atoms with van der Waals surface area (Å²) in [7, 11) is 0. The zero-order chi connectivity index (χ0) is 10.0. The Bertz CT molecular complexity index is 285. The number of ether oxygens (including phenoxy) is 1. The molecular weight excluding hydrogens is 194 g/mol. The Balaban J connectivity index is 2.06. The number of hydrogen-bond donors (Lipinski definition) is 1. The second kappa shape index (κ2) is 4.01. The molecule has 0 amide bonds. The van der Waals surface area contributed by atoms with Crippen molar-refractivity contribution in [3.05, 3.63) is 22.4 Å². The first-order valence-corrected chi connectivity index (χ1v) is 6.04. The molecule has 0 bridgehead atoms. The van der Waals surface area contributed by atoms with Crippen LogP contribution >= 0.6 is 11.3 Å². The lowest BCUT2D eigenvalue weighted by molar-refractivity contribution is -0.0317. The van der Waals surface area contributed by atoms with Crippen molar-refractivity contribution in [1.29, 1.82) is 0 Å². The molecule has 2 rings (SSSR count). The summed E-state index contributed by atoms with van der Waals surface area (Å²) < 4.78 is 6.06. The summed E-state index contributed by atoms with van der Waals surface area (Å²) >= 11 is 1.78. The van der Waals surface area contributed by atoms with Gasteiger partial charge < -0.3 is 10.5 Å². The molecule has 2 heterocycles. The first-order valence-electron chi connectivity index (χ1n) is 5.16. The van der Waals surface area contributed by atoms with Crippen LogP contribution in [0.15, 0.2) is 17.5 Å². The molecule has 1 aromatic heterocycles. The quantitative estimate of drug-likeness (QED) is 0.833. The van der Waals surface area contributed by atoms with E-state index < -0.39 is 0 Å². The van der Waals surface area contributed by atoms with Crippen LogP contribution in [0.4, 0.5) is 0 Å². The molecule has 2 N–H and O–H groups in total. The Morgan fingerprint density at radius 2 is 2.57 bits per heavy atom. The summed E-state index contributed by atoms with van der Waals surface area (Å²) in [6.45, 7) is 2.92. The van der Waals surface area contributed by atoms with Gasteiger partial charge in [0.15, 0.2) is 0 Å². The minimum absolute atomic E-state index is 0.0476. The molecule has 0 saturated carbocycles. The van der Waals surface area contributed by atoms with Crippen LogP contribution in [0, 0.1) is 0 Å². The summed E-state index contributed by atoms with van der Waals surface area (Å²) in [6, 6.07) is 4.25. The highest BCUT2D eigenvalue weighted by Gasteiger charge is 2.37. The maximum Gasteiger partial charge on any atom is 0.0999 e. The van der Waals surface area contributed by atoms with Crippen LogP contribution in [0.2, 0.25) is 0 Å². The van der Waals surface area contributed by atoms with Crippen molar-refractivity contribution in [2.24, 2.45) is 5.73 Å². The molecule has 0 aromatic carbocycles. The Morgan fingerprint density at radius 1 is 1.71 bits per heavy atom. The third-order valence-corrected chi connectivity index (χ3v) is 4.02. The molecule has 1 aliphatic rings. The molecule has 2 nitrogen and oxygen atoms in total. The Labute approximate surface area is 89.1 Å². The fourth-order valence-corrected chi connectivity index (χ4v) is 2.93. The fraction of sp³-hybridized carbons (Fsp3) is 0.636. The van der Waals surface area contributed by atoms with Gasteiger partial charge in [-0.05, 0) is 44.2 Å². The molecule has 1 fully saturated rings. The summed E-state index contributed by atoms with van der Waals surface area (Å²) in [5.41, 5.74) is 5.49. The molecule has 0 aliphatic carbocycles. The van der Waals surface area contributed by atoms with Gasteiger partial charge in [0, 0.05) is 4.88 Å². The summed E-state index contributed by atoms with van der Waals surface area (Å²) in [5, 5.41) is 2.11. The topological polar surface area (TPSA) is 35.2 Å². The van der Waals surface area contributed by atoms with E-state index in [4.69, 9.17) is 10.5 Å². The highest BCUT2D eigenvalue weighted by Crippen LogP contribution is 2.41. The van der Waals surface area contributed by atoms with Gasteiger partial charge in [-0.25, -0.2) is 0 Å². The first-order chi connectivity index (χ1) is 6.74. The fourth-order valence-electron chi connectivity index (χ4n) is 2.07. The molecule has 78 valence electrons. The van der Waals surface area contributed by atoms with Crippen molar-refractivity contribution in [3.63, 3.8) is 0 Å². The molecule has 2 unspecified atom stereocenters. The molecule has 0 spiro atoms. The van der Waals surface area contributed by atoms with Crippen LogP contribution in [-0.4, -0.2) is 12.6 Å². The zero-order valence-electron chi connectivity index (χ0n) is 8.53. The van der Waals surface area contributed by atoms with E-state index in [1.165, 1.54) is 4.88 Å². The second-order valence-corrected chi connectivity index (χ2v) is 5.01. The van der Waals surface area contributed by atoms with Crippen LogP contribution in [0.5, 0.6) is 0 Å². The first kappa shape index (κ1) is 10.1. The molecule has 14 heavy (non-hydrogen) atoms. The number of rotatable bonds is 3. The summed E-state index contributed by atoms with van der Waals surface area (Å²) in [6.07, 6.45) is 3.62. The minimum Gasteiger partial charge on any atom is -0.366 e. The van der Waals surface area contributed by atoms with E-state index in [0.29, 0.717) is 6.10 Å².